The second-order valence-electron chi connectivity index (χ2n) is 5.03. The molecule has 6 nitrogen and oxygen atoms in total. The summed E-state index contributed by atoms with van der Waals surface area (Å²) in [4.78, 5) is 23.2. The Morgan fingerprint density at radius 2 is 2.10 bits per heavy atom. The van der Waals surface area contributed by atoms with Gasteiger partial charge in [0.1, 0.15) is 17.5 Å². The number of carbonyl (C=O) groups is 2. The lowest BCUT2D eigenvalue weighted by atomic mass is 10.0. The van der Waals surface area contributed by atoms with Gasteiger partial charge in [0, 0.05) is 5.92 Å². The SMILES string of the molecule is COc1cccc(C#N)c1NC(=O)C1CCC(C(=O)O)C1. The molecule has 1 aromatic rings. The third-order valence-electron chi connectivity index (χ3n) is 3.77. The number of hydrogen-bond acceptors (Lipinski definition) is 4. The number of hydrogen-bond donors (Lipinski definition) is 2. The molecule has 0 heterocycles. The van der Waals surface area contributed by atoms with Gasteiger partial charge in [-0.15, -0.1) is 0 Å². The number of anilines is 1. The van der Waals surface area contributed by atoms with Crippen molar-refractivity contribution in [1.29, 1.82) is 5.26 Å². The first-order chi connectivity index (χ1) is 10.1. The molecule has 0 radical (unpaired) electrons. The van der Waals surface area contributed by atoms with E-state index in [-0.39, 0.29) is 11.8 Å². The van der Waals surface area contributed by atoms with Gasteiger partial charge in [0.15, 0.2) is 0 Å². The Morgan fingerprint density at radius 3 is 2.67 bits per heavy atom. The lowest BCUT2D eigenvalue weighted by Gasteiger charge is -2.14. The van der Waals surface area contributed by atoms with E-state index in [4.69, 9.17) is 15.1 Å². The number of aliphatic carboxylic acids is 1. The van der Waals surface area contributed by atoms with Crippen molar-refractivity contribution in [3.05, 3.63) is 23.8 Å². The van der Waals surface area contributed by atoms with Gasteiger partial charge in [0.2, 0.25) is 5.91 Å². The number of carboxylic acid groups (broad SMARTS) is 1. The molecule has 0 aliphatic heterocycles. The van der Waals surface area contributed by atoms with E-state index in [1.165, 1.54) is 7.11 Å². The molecular weight excluding hydrogens is 272 g/mol. The lowest BCUT2D eigenvalue weighted by Crippen LogP contribution is -2.22. The molecule has 21 heavy (non-hydrogen) atoms. The minimum absolute atomic E-state index is 0.264. The van der Waals surface area contributed by atoms with E-state index in [1.54, 1.807) is 18.2 Å². The summed E-state index contributed by atoms with van der Waals surface area (Å²) in [6, 6.07) is 6.92. The number of nitrogens with one attached hydrogen (secondary N) is 1. The zero-order chi connectivity index (χ0) is 15.4. The first kappa shape index (κ1) is 14.9. The van der Waals surface area contributed by atoms with Gasteiger partial charge in [-0.3, -0.25) is 9.59 Å². The van der Waals surface area contributed by atoms with E-state index in [9.17, 15) is 9.59 Å². The summed E-state index contributed by atoms with van der Waals surface area (Å²) in [6.45, 7) is 0. The van der Waals surface area contributed by atoms with E-state index >= 15 is 0 Å². The molecule has 0 bridgehead atoms. The molecule has 1 aliphatic rings. The molecule has 1 aliphatic carbocycles. The smallest absolute Gasteiger partial charge is 0.306 e. The highest BCUT2D eigenvalue weighted by molar-refractivity contribution is 5.96. The highest BCUT2D eigenvalue weighted by Crippen LogP contribution is 2.34. The third kappa shape index (κ3) is 3.14. The Labute approximate surface area is 122 Å². The number of rotatable bonds is 4. The van der Waals surface area contributed by atoms with E-state index in [0.717, 1.165) is 0 Å². The van der Waals surface area contributed by atoms with E-state index in [2.05, 4.69) is 5.32 Å². The number of para-hydroxylation sites is 1. The first-order valence-corrected chi connectivity index (χ1v) is 6.67. The van der Waals surface area contributed by atoms with Crippen LogP contribution in [0.25, 0.3) is 0 Å². The van der Waals surface area contributed by atoms with Crippen LogP contribution in [0, 0.1) is 23.2 Å². The first-order valence-electron chi connectivity index (χ1n) is 6.67. The molecule has 1 saturated carbocycles. The Kier molecular flexibility index (Phi) is 4.43. The number of benzene rings is 1. The molecule has 0 saturated heterocycles. The maximum Gasteiger partial charge on any atom is 0.306 e. The van der Waals surface area contributed by atoms with Crippen LogP contribution in [0.5, 0.6) is 5.75 Å². The molecule has 0 spiro atoms. The molecule has 110 valence electrons. The van der Waals surface area contributed by atoms with Crippen LogP contribution in [0.3, 0.4) is 0 Å². The molecule has 1 aromatic carbocycles. The fourth-order valence-electron chi connectivity index (χ4n) is 2.59. The predicted molar refractivity (Wildman–Crippen MR) is 74.8 cm³/mol. The van der Waals surface area contributed by atoms with Crippen molar-refractivity contribution in [3.63, 3.8) is 0 Å². The fourth-order valence-corrected chi connectivity index (χ4v) is 2.59. The fraction of sp³-hybridized carbons (Fsp3) is 0.400. The number of carbonyl (C=O) groups excluding carboxylic acids is 1. The van der Waals surface area contributed by atoms with Gasteiger partial charge in [-0.1, -0.05) is 6.07 Å². The van der Waals surface area contributed by atoms with Crippen molar-refractivity contribution >= 4 is 17.6 Å². The van der Waals surface area contributed by atoms with Gasteiger partial charge in [-0.2, -0.15) is 5.26 Å². The summed E-state index contributed by atoms with van der Waals surface area (Å²) in [7, 11) is 1.46. The van der Waals surface area contributed by atoms with Crippen LogP contribution in [0.4, 0.5) is 5.69 Å². The number of carboxylic acids is 1. The average molecular weight is 288 g/mol. The van der Waals surface area contributed by atoms with E-state index in [0.29, 0.717) is 36.3 Å². The number of amides is 1. The highest BCUT2D eigenvalue weighted by atomic mass is 16.5. The monoisotopic (exact) mass is 288 g/mol. The van der Waals surface area contributed by atoms with Crippen LogP contribution < -0.4 is 10.1 Å². The second kappa shape index (κ2) is 6.27. The van der Waals surface area contributed by atoms with Crippen LogP contribution in [-0.4, -0.2) is 24.1 Å². The van der Waals surface area contributed by atoms with Crippen LogP contribution in [0.15, 0.2) is 18.2 Å². The van der Waals surface area contributed by atoms with Crippen molar-refractivity contribution in [2.75, 3.05) is 12.4 Å². The number of nitriles is 1. The Hall–Kier alpha value is -2.55. The molecule has 2 unspecified atom stereocenters. The summed E-state index contributed by atoms with van der Waals surface area (Å²) >= 11 is 0. The minimum Gasteiger partial charge on any atom is -0.495 e. The summed E-state index contributed by atoms with van der Waals surface area (Å²) in [6.07, 6.45) is 1.38. The zero-order valence-electron chi connectivity index (χ0n) is 11.6. The van der Waals surface area contributed by atoms with Crippen molar-refractivity contribution in [1.82, 2.24) is 0 Å². The predicted octanol–water partition coefficient (Wildman–Crippen LogP) is 2.01. The maximum atomic E-state index is 12.3. The third-order valence-corrected chi connectivity index (χ3v) is 3.77. The summed E-state index contributed by atoms with van der Waals surface area (Å²) in [5, 5.41) is 20.8. The largest absolute Gasteiger partial charge is 0.495 e. The second-order valence-corrected chi connectivity index (χ2v) is 5.03. The van der Waals surface area contributed by atoms with Gasteiger partial charge in [0.05, 0.1) is 18.6 Å². The molecule has 2 rings (SSSR count). The Morgan fingerprint density at radius 1 is 1.38 bits per heavy atom. The van der Waals surface area contributed by atoms with Gasteiger partial charge in [-0.25, -0.2) is 0 Å². The van der Waals surface area contributed by atoms with Gasteiger partial charge in [-0.05, 0) is 31.4 Å². The number of ether oxygens (including phenoxy) is 1. The van der Waals surface area contributed by atoms with Gasteiger partial charge < -0.3 is 15.2 Å². The van der Waals surface area contributed by atoms with Crippen molar-refractivity contribution in [2.24, 2.45) is 11.8 Å². The Bertz CT molecular complexity index is 606. The summed E-state index contributed by atoms with van der Waals surface area (Å²) in [5.41, 5.74) is 0.654. The standard InChI is InChI=1S/C15H16N2O4/c1-21-12-4-2-3-11(8-16)13(12)17-14(18)9-5-6-10(7-9)15(19)20/h2-4,9-10H,5-7H2,1H3,(H,17,18)(H,19,20). The van der Waals surface area contributed by atoms with Gasteiger partial charge >= 0.3 is 5.97 Å². The molecule has 0 aromatic heterocycles. The topological polar surface area (TPSA) is 99.4 Å². The van der Waals surface area contributed by atoms with Crippen LogP contribution in [0.1, 0.15) is 24.8 Å². The van der Waals surface area contributed by atoms with E-state index < -0.39 is 11.9 Å². The minimum atomic E-state index is -0.861. The molecule has 6 heteroatoms. The maximum absolute atomic E-state index is 12.3. The van der Waals surface area contributed by atoms with Crippen LogP contribution in [0.2, 0.25) is 0 Å². The van der Waals surface area contributed by atoms with Crippen molar-refractivity contribution in [2.45, 2.75) is 19.3 Å². The van der Waals surface area contributed by atoms with Crippen LogP contribution >= 0.6 is 0 Å². The zero-order valence-corrected chi connectivity index (χ0v) is 11.6. The van der Waals surface area contributed by atoms with E-state index in [1.807, 2.05) is 6.07 Å². The molecular formula is C15H16N2O4. The summed E-state index contributed by atoms with van der Waals surface area (Å²) in [5.74, 6) is -1.52. The highest BCUT2D eigenvalue weighted by Gasteiger charge is 2.34. The van der Waals surface area contributed by atoms with Crippen LogP contribution in [-0.2, 0) is 9.59 Å². The summed E-state index contributed by atoms with van der Waals surface area (Å²) < 4.78 is 5.15. The lowest BCUT2D eigenvalue weighted by molar-refractivity contribution is -0.141. The number of nitrogens with zero attached hydrogens (tertiary/aromatic N) is 1. The quantitative estimate of drug-likeness (QED) is 0.882. The average Bonchev–Trinajstić information content (AvgIpc) is 2.97. The molecule has 2 N–H and O–H groups in total. The van der Waals surface area contributed by atoms with Crippen molar-refractivity contribution in [3.8, 4) is 11.8 Å². The molecule has 1 fully saturated rings. The van der Waals surface area contributed by atoms with Crippen molar-refractivity contribution < 1.29 is 19.4 Å². The Balaban J connectivity index is 2.14. The molecule has 2 atom stereocenters. The number of methoxy groups -OCH3 is 1. The van der Waals surface area contributed by atoms with Gasteiger partial charge in [0.25, 0.3) is 0 Å². The normalized spacial score (nSPS) is 20.6. The molecule has 1 amide bonds.